The van der Waals surface area contributed by atoms with E-state index in [4.69, 9.17) is 4.52 Å². The van der Waals surface area contributed by atoms with E-state index in [9.17, 15) is 9.90 Å². The minimum absolute atomic E-state index is 0.165. The number of carbonyl (C=O) groups excluding carboxylic acids is 1. The van der Waals surface area contributed by atoms with Gasteiger partial charge in [-0.2, -0.15) is 4.98 Å². The van der Waals surface area contributed by atoms with E-state index in [0.717, 1.165) is 12.0 Å². The summed E-state index contributed by atoms with van der Waals surface area (Å²) in [5, 5.41) is 19.3. The molecule has 0 aliphatic carbocycles. The normalized spacial score (nSPS) is 18.4. The molecule has 7 heteroatoms. The summed E-state index contributed by atoms with van der Waals surface area (Å²) in [6.45, 7) is 2.87. The third-order valence-corrected chi connectivity index (χ3v) is 5.84. The number of benzene rings is 1. The molecule has 0 saturated carbocycles. The topological polar surface area (TPSA) is 100 Å². The largest absolute Gasteiger partial charge is 0.392 e. The number of unbranched alkanes of at least 4 members (excludes halogenated alkanes) is 7. The Kier molecular flexibility index (Phi) is 9.49. The number of aromatic nitrogens is 2. The van der Waals surface area contributed by atoms with Crippen molar-refractivity contribution in [3.63, 3.8) is 0 Å². The van der Waals surface area contributed by atoms with Gasteiger partial charge in [-0.15, -0.1) is 0 Å². The van der Waals surface area contributed by atoms with Crippen LogP contribution < -0.4 is 10.6 Å². The average molecular weight is 429 g/mol. The molecule has 3 rings (SSSR count). The van der Waals surface area contributed by atoms with Crippen LogP contribution in [0.1, 0.15) is 76.2 Å². The second kappa shape index (κ2) is 12.6. The van der Waals surface area contributed by atoms with E-state index in [2.05, 4.69) is 39.8 Å². The molecular formula is C24H36N4O3. The highest BCUT2D eigenvalue weighted by atomic mass is 16.5. The smallest absolute Gasteiger partial charge is 0.246 e. The molecule has 2 atom stereocenters. The standard InChI is InChI=1S/C24H36N4O3/c1-2-3-4-5-6-7-8-9-10-18-11-13-19(14-12-18)23-27-22(31-28-23)17-26-24(30)21-15-20(29)16-25-21/h11-14,20-21,25,29H,2-10,15-17H2,1H3,(H,26,30). The first kappa shape index (κ1) is 23.4. The van der Waals surface area contributed by atoms with Crippen LogP contribution in [-0.2, 0) is 17.8 Å². The molecule has 1 fully saturated rings. The Hall–Kier alpha value is -2.25. The van der Waals surface area contributed by atoms with Crippen molar-refractivity contribution in [2.75, 3.05) is 6.54 Å². The number of nitrogens with zero attached hydrogens (tertiary/aromatic N) is 2. The SMILES string of the molecule is CCCCCCCCCCc1ccc(-c2noc(CNC(=O)C3CC(O)CN3)n2)cc1. The van der Waals surface area contributed by atoms with Crippen molar-refractivity contribution >= 4 is 5.91 Å². The van der Waals surface area contributed by atoms with Gasteiger partial charge in [0.15, 0.2) is 0 Å². The number of β-amino-alcohol motifs (C(OH)–C–C–N with tert-alkyl or cyclic N) is 1. The summed E-state index contributed by atoms with van der Waals surface area (Å²) in [7, 11) is 0. The van der Waals surface area contributed by atoms with Gasteiger partial charge in [0.25, 0.3) is 0 Å². The third kappa shape index (κ3) is 7.74. The number of hydrogen-bond acceptors (Lipinski definition) is 6. The number of aryl methyl sites for hydroxylation is 1. The van der Waals surface area contributed by atoms with Gasteiger partial charge in [-0.3, -0.25) is 4.79 Å². The average Bonchev–Trinajstić information content (AvgIpc) is 3.44. The Balaban J connectivity index is 1.37. The van der Waals surface area contributed by atoms with Crippen molar-refractivity contribution in [1.29, 1.82) is 0 Å². The van der Waals surface area contributed by atoms with Crippen LogP contribution in [0.15, 0.2) is 28.8 Å². The molecule has 2 aromatic rings. The van der Waals surface area contributed by atoms with Crippen molar-refractivity contribution < 1.29 is 14.4 Å². The molecule has 3 N–H and O–H groups in total. The molecule has 1 aliphatic rings. The van der Waals surface area contributed by atoms with E-state index in [-0.39, 0.29) is 18.5 Å². The zero-order valence-corrected chi connectivity index (χ0v) is 18.6. The van der Waals surface area contributed by atoms with Gasteiger partial charge in [0.2, 0.25) is 17.6 Å². The molecule has 1 saturated heterocycles. The lowest BCUT2D eigenvalue weighted by atomic mass is 10.0. The number of amides is 1. The first-order valence-corrected chi connectivity index (χ1v) is 11.8. The van der Waals surface area contributed by atoms with Crippen LogP contribution in [0.25, 0.3) is 11.4 Å². The van der Waals surface area contributed by atoms with Crippen molar-refractivity contribution in [3.05, 3.63) is 35.7 Å². The fourth-order valence-electron chi connectivity index (χ4n) is 3.93. The predicted octanol–water partition coefficient (Wildman–Crippen LogP) is 3.76. The van der Waals surface area contributed by atoms with Gasteiger partial charge in [-0.1, -0.05) is 81.3 Å². The maximum Gasteiger partial charge on any atom is 0.246 e. The van der Waals surface area contributed by atoms with Crippen LogP contribution in [-0.4, -0.2) is 39.8 Å². The molecule has 0 bridgehead atoms. The van der Waals surface area contributed by atoms with Gasteiger partial charge in [-0.05, 0) is 24.8 Å². The lowest BCUT2D eigenvalue weighted by molar-refractivity contribution is -0.123. The minimum atomic E-state index is -0.468. The Morgan fingerprint density at radius 2 is 1.84 bits per heavy atom. The van der Waals surface area contributed by atoms with Crippen LogP contribution in [0.5, 0.6) is 0 Å². The highest BCUT2D eigenvalue weighted by Gasteiger charge is 2.28. The second-order valence-corrected chi connectivity index (χ2v) is 8.50. The number of aliphatic hydroxyl groups excluding tert-OH is 1. The Bertz CT molecular complexity index is 790. The van der Waals surface area contributed by atoms with E-state index in [1.807, 2.05) is 12.1 Å². The van der Waals surface area contributed by atoms with Crippen molar-refractivity contribution in [1.82, 2.24) is 20.8 Å². The molecule has 2 heterocycles. The molecule has 0 spiro atoms. The van der Waals surface area contributed by atoms with Crippen molar-refractivity contribution in [3.8, 4) is 11.4 Å². The molecule has 7 nitrogen and oxygen atoms in total. The first-order chi connectivity index (χ1) is 15.2. The highest BCUT2D eigenvalue weighted by molar-refractivity contribution is 5.82. The Morgan fingerprint density at radius 3 is 2.52 bits per heavy atom. The minimum Gasteiger partial charge on any atom is -0.392 e. The summed E-state index contributed by atoms with van der Waals surface area (Å²) in [5.41, 5.74) is 2.23. The van der Waals surface area contributed by atoms with E-state index in [1.54, 1.807) is 0 Å². The van der Waals surface area contributed by atoms with Crippen LogP contribution >= 0.6 is 0 Å². The van der Waals surface area contributed by atoms with E-state index >= 15 is 0 Å². The molecule has 2 unspecified atom stereocenters. The summed E-state index contributed by atoms with van der Waals surface area (Å²) in [6.07, 6.45) is 11.7. The summed E-state index contributed by atoms with van der Waals surface area (Å²) >= 11 is 0. The van der Waals surface area contributed by atoms with E-state index in [1.165, 1.54) is 56.9 Å². The molecule has 1 aromatic carbocycles. The van der Waals surface area contributed by atoms with E-state index in [0.29, 0.717) is 24.7 Å². The number of rotatable bonds is 13. The summed E-state index contributed by atoms with van der Waals surface area (Å²) < 4.78 is 5.26. The summed E-state index contributed by atoms with van der Waals surface area (Å²) in [4.78, 5) is 16.5. The Labute approximate surface area is 185 Å². The molecule has 1 amide bonds. The fraction of sp³-hybridized carbons (Fsp3) is 0.625. The lowest BCUT2D eigenvalue weighted by Crippen LogP contribution is -2.40. The Morgan fingerprint density at radius 1 is 1.13 bits per heavy atom. The molecule has 0 radical (unpaired) electrons. The maximum atomic E-state index is 12.1. The van der Waals surface area contributed by atoms with Gasteiger partial charge in [0.1, 0.15) is 0 Å². The monoisotopic (exact) mass is 428 g/mol. The zero-order chi connectivity index (χ0) is 21.9. The molecule has 170 valence electrons. The lowest BCUT2D eigenvalue weighted by Gasteiger charge is -2.08. The number of hydrogen-bond donors (Lipinski definition) is 3. The van der Waals surface area contributed by atoms with Crippen molar-refractivity contribution in [2.45, 2.75) is 89.8 Å². The molecular weight excluding hydrogens is 392 g/mol. The quantitative estimate of drug-likeness (QED) is 0.420. The number of carbonyl (C=O) groups is 1. The predicted molar refractivity (Wildman–Crippen MR) is 120 cm³/mol. The zero-order valence-electron chi connectivity index (χ0n) is 18.6. The number of aliphatic hydroxyl groups is 1. The van der Waals surface area contributed by atoms with Gasteiger partial charge in [-0.25, -0.2) is 0 Å². The van der Waals surface area contributed by atoms with Gasteiger partial charge in [0, 0.05) is 12.1 Å². The molecule has 1 aromatic heterocycles. The van der Waals surface area contributed by atoms with Crippen molar-refractivity contribution in [2.24, 2.45) is 0 Å². The number of nitrogens with one attached hydrogen (secondary N) is 2. The fourth-order valence-corrected chi connectivity index (χ4v) is 3.93. The second-order valence-electron chi connectivity index (χ2n) is 8.50. The van der Waals surface area contributed by atoms with Crippen LogP contribution in [0.3, 0.4) is 0 Å². The molecule has 31 heavy (non-hydrogen) atoms. The third-order valence-electron chi connectivity index (χ3n) is 5.84. The van der Waals surface area contributed by atoms with Crippen LogP contribution in [0, 0.1) is 0 Å². The van der Waals surface area contributed by atoms with Gasteiger partial charge in [0.05, 0.1) is 18.7 Å². The summed E-state index contributed by atoms with van der Waals surface area (Å²) in [6, 6.07) is 7.94. The summed E-state index contributed by atoms with van der Waals surface area (Å²) in [5.74, 6) is 0.726. The first-order valence-electron chi connectivity index (χ1n) is 11.8. The van der Waals surface area contributed by atoms with E-state index < -0.39 is 6.10 Å². The highest BCUT2D eigenvalue weighted by Crippen LogP contribution is 2.18. The maximum absolute atomic E-state index is 12.1. The molecule has 1 aliphatic heterocycles. The van der Waals surface area contributed by atoms with Gasteiger partial charge < -0.3 is 20.3 Å². The van der Waals surface area contributed by atoms with Crippen LogP contribution in [0.4, 0.5) is 0 Å². The van der Waals surface area contributed by atoms with Crippen LogP contribution in [0.2, 0.25) is 0 Å². The van der Waals surface area contributed by atoms with Gasteiger partial charge >= 0.3 is 0 Å².